The van der Waals surface area contributed by atoms with Gasteiger partial charge < -0.3 is 4.74 Å². The molecule has 0 aliphatic carbocycles. The van der Waals surface area contributed by atoms with Crippen LogP contribution in [0.25, 0.3) is 11.0 Å². The summed E-state index contributed by atoms with van der Waals surface area (Å²) < 4.78 is 4.54. The zero-order valence-electron chi connectivity index (χ0n) is 9.18. The van der Waals surface area contributed by atoms with Crippen LogP contribution in [-0.2, 0) is 16.0 Å². The molecule has 17 heavy (non-hydrogen) atoms. The highest BCUT2D eigenvalue weighted by molar-refractivity contribution is 6.31. The predicted octanol–water partition coefficient (Wildman–Crippen LogP) is 1.78. The third-order valence-electron chi connectivity index (χ3n) is 2.24. The molecule has 5 nitrogen and oxygen atoms in total. The van der Waals surface area contributed by atoms with Gasteiger partial charge in [-0.3, -0.25) is 4.79 Å². The van der Waals surface area contributed by atoms with Crippen LogP contribution in [0.4, 0.5) is 0 Å². The summed E-state index contributed by atoms with van der Waals surface area (Å²) in [6.45, 7) is 0. The van der Waals surface area contributed by atoms with Crippen LogP contribution < -0.4 is 0 Å². The van der Waals surface area contributed by atoms with Crippen molar-refractivity contribution in [3.8, 4) is 0 Å². The molecule has 0 saturated carbocycles. The van der Waals surface area contributed by atoms with E-state index in [1.807, 2.05) is 0 Å². The number of ether oxygens (including phenoxy) is 1. The quantitative estimate of drug-likeness (QED) is 0.778. The van der Waals surface area contributed by atoms with Crippen molar-refractivity contribution in [3.63, 3.8) is 0 Å². The fourth-order valence-corrected chi connectivity index (χ4v) is 1.53. The Hall–Kier alpha value is -1.75. The van der Waals surface area contributed by atoms with Crippen LogP contribution >= 0.6 is 11.6 Å². The number of nitrogens with zero attached hydrogens (tertiary/aromatic N) is 3. The summed E-state index contributed by atoms with van der Waals surface area (Å²) in [5.74, 6) is 0.232. The summed E-state index contributed by atoms with van der Waals surface area (Å²) in [4.78, 5) is 15.3. The van der Waals surface area contributed by atoms with Crippen LogP contribution in [0.5, 0.6) is 0 Å². The maximum atomic E-state index is 11.0. The van der Waals surface area contributed by atoms with Crippen LogP contribution in [0.15, 0.2) is 18.2 Å². The predicted molar refractivity (Wildman–Crippen MR) is 62.7 cm³/mol. The van der Waals surface area contributed by atoms with E-state index in [1.54, 1.807) is 18.2 Å². The second-order valence-electron chi connectivity index (χ2n) is 3.44. The van der Waals surface area contributed by atoms with E-state index in [4.69, 9.17) is 11.6 Å². The fourth-order valence-electron chi connectivity index (χ4n) is 1.37. The van der Waals surface area contributed by atoms with Gasteiger partial charge in [-0.05, 0) is 18.2 Å². The Bertz CT molecular complexity index is 559. The molecule has 0 atom stereocenters. The van der Waals surface area contributed by atoms with Gasteiger partial charge in [-0.25, -0.2) is 4.98 Å². The molecular weight excluding hydrogens is 242 g/mol. The minimum Gasteiger partial charge on any atom is -0.469 e. The molecule has 0 unspecified atom stereocenters. The molecule has 0 bridgehead atoms. The number of benzene rings is 1. The Morgan fingerprint density at radius 2 is 2.18 bits per heavy atom. The van der Waals surface area contributed by atoms with Crippen molar-refractivity contribution >= 4 is 28.6 Å². The highest BCUT2D eigenvalue weighted by Gasteiger charge is 2.06. The Kier molecular flexibility index (Phi) is 3.49. The van der Waals surface area contributed by atoms with Gasteiger partial charge in [-0.15, -0.1) is 10.2 Å². The fraction of sp³-hybridized carbons (Fsp3) is 0.273. The summed E-state index contributed by atoms with van der Waals surface area (Å²) in [6, 6.07) is 5.21. The molecule has 0 aliphatic rings. The van der Waals surface area contributed by atoms with Crippen molar-refractivity contribution in [1.29, 1.82) is 0 Å². The van der Waals surface area contributed by atoms with Gasteiger partial charge in [0.15, 0.2) is 5.82 Å². The van der Waals surface area contributed by atoms with Crippen molar-refractivity contribution in [2.24, 2.45) is 0 Å². The molecular formula is C11H10ClN3O2. The first-order valence-corrected chi connectivity index (χ1v) is 5.42. The van der Waals surface area contributed by atoms with Crippen LogP contribution in [-0.4, -0.2) is 28.3 Å². The van der Waals surface area contributed by atoms with Gasteiger partial charge in [0.2, 0.25) is 0 Å². The maximum Gasteiger partial charge on any atom is 0.305 e. The minimum atomic E-state index is -0.287. The molecule has 0 spiro atoms. The summed E-state index contributed by atoms with van der Waals surface area (Å²) in [5.41, 5.74) is 1.35. The topological polar surface area (TPSA) is 65.0 Å². The molecule has 0 amide bonds. The maximum absolute atomic E-state index is 11.0. The summed E-state index contributed by atoms with van der Waals surface area (Å²) in [7, 11) is 1.35. The average Bonchev–Trinajstić information content (AvgIpc) is 2.35. The molecule has 0 N–H and O–H groups in total. The Morgan fingerprint density at radius 1 is 1.35 bits per heavy atom. The second kappa shape index (κ2) is 5.05. The lowest BCUT2D eigenvalue weighted by molar-refractivity contribution is -0.140. The van der Waals surface area contributed by atoms with Crippen molar-refractivity contribution in [2.75, 3.05) is 7.11 Å². The van der Waals surface area contributed by atoms with Crippen LogP contribution in [0, 0.1) is 0 Å². The first-order valence-electron chi connectivity index (χ1n) is 5.05. The third kappa shape index (κ3) is 2.88. The van der Waals surface area contributed by atoms with Gasteiger partial charge in [-0.1, -0.05) is 11.6 Å². The largest absolute Gasteiger partial charge is 0.469 e. The molecule has 0 aliphatic heterocycles. The van der Waals surface area contributed by atoms with E-state index >= 15 is 0 Å². The van der Waals surface area contributed by atoms with Gasteiger partial charge >= 0.3 is 5.97 Å². The zero-order valence-corrected chi connectivity index (χ0v) is 9.94. The molecule has 0 fully saturated rings. The van der Waals surface area contributed by atoms with E-state index in [0.29, 0.717) is 28.3 Å². The van der Waals surface area contributed by atoms with Gasteiger partial charge in [-0.2, -0.15) is 0 Å². The molecule has 0 radical (unpaired) electrons. The lowest BCUT2D eigenvalue weighted by atomic mass is 10.3. The van der Waals surface area contributed by atoms with E-state index in [1.165, 1.54) is 7.11 Å². The molecule has 88 valence electrons. The first kappa shape index (κ1) is 11.7. The highest BCUT2D eigenvalue weighted by Crippen LogP contribution is 2.15. The number of rotatable bonds is 3. The first-order chi connectivity index (χ1) is 8.19. The van der Waals surface area contributed by atoms with Crippen molar-refractivity contribution < 1.29 is 9.53 Å². The van der Waals surface area contributed by atoms with Gasteiger partial charge in [0.05, 0.1) is 19.0 Å². The standard InChI is InChI=1S/C11H10ClN3O2/c1-17-11(16)5-4-10-13-8-3-2-7(12)6-9(8)14-15-10/h2-3,6H,4-5H2,1H3. The number of halogens is 1. The number of hydrogen-bond donors (Lipinski definition) is 0. The Morgan fingerprint density at radius 3 is 2.94 bits per heavy atom. The van der Waals surface area contributed by atoms with E-state index in [9.17, 15) is 4.79 Å². The summed E-state index contributed by atoms with van der Waals surface area (Å²) in [6.07, 6.45) is 0.662. The van der Waals surface area contributed by atoms with Gasteiger partial charge in [0, 0.05) is 11.4 Å². The number of hydrogen-bond acceptors (Lipinski definition) is 5. The highest BCUT2D eigenvalue weighted by atomic mass is 35.5. The minimum absolute atomic E-state index is 0.247. The molecule has 1 aromatic heterocycles. The Balaban J connectivity index is 2.20. The van der Waals surface area contributed by atoms with Gasteiger partial charge in [0.1, 0.15) is 5.52 Å². The summed E-state index contributed by atoms with van der Waals surface area (Å²) >= 11 is 5.82. The Labute approximate surface area is 103 Å². The molecule has 2 rings (SSSR count). The number of aromatic nitrogens is 3. The van der Waals surface area contributed by atoms with Crippen molar-refractivity contribution in [1.82, 2.24) is 15.2 Å². The summed E-state index contributed by atoms with van der Waals surface area (Å²) in [5, 5.41) is 8.52. The smallest absolute Gasteiger partial charge is 0.305 e. The normalized spacial score (nSPS) is 10.5. The number of fused-ring (bicyclic) bond motifs is 1. The SMILES string of the molecule is COC(=O)CCc1nnc2cc(Cl)ccc2n1. The lowest BCUT2D eigenvalue weighted by Crippen LogP contribution is -2.05. The molecule has 1 aromatic carbocycles. The van der Waals surface area contributed by atoms with Crippen molar-refractivity contribution in [3.05, 3.63) is 29.0 Å². The van der Waals surface area contributed by atoms with E-state index < -0.39 is 0 Å². The second-order valence-corrected chi connectivity index (χ2v) is 3.87. The van der Waals surface area contributed by atoms with Crippen LogP contribution in [0.1, 0.15) is 12.2 Å². The molecule has 0 saturated heterocycles. The zero-order chi connectivity index (χ0) is 12.3. The molecule has 2 aromatic rings. The van der Waals surface area contributed by atoms with E-state index in [0.717, 1.165) is 0 Å². The van der Waals surface area contributed by atoms with Crippen LogP contribution in [0.2, 0.25) is 5.02 Å². The van der Waals surface area contributed by atoms with Gasteiger partial charge in [0.25, 0.3) is 0 Å². The molecule has 6 heteroatoms. The lowest BCUT2D eigenvalue weighted by Gasteiger charge is -2.00. The third-order valence-corrected chi connectivity index (χ3v) is 2.48. The van der Waals surface area contributed by atoms with Crippen molar-refractivity contribution in [2.45, 2.75) is 12.8 Å². The number of esters is 1. The van der Waals surface area contributed by atoms with E-state index in [-0.39, 0.29) is 12.4 Å². The number of methoxy groups -OCH3 is 1. The van der Waals surface area contributed by atoms with Crippen LogP contribution in [0.3, 0.4) is 0 Å². The number of aryl methyl sites for hydroxylation is 1. The monoisotopic (exact) mass is 251 g/mol. The number of carbonyl (C=O) groups is 1. The molecule has 1 heterocycles. The average molecular weight is 252 g/mol. The van der Waals surface area contributed by atoms with E-state index in [2.05, 4.69) is 19.9 Å². The number of carbonyl (C=O) groups excluding carboxylic acids is 1.